The second kappa shape index (κ2) is 11.8. The number of hydrogen-bond donors (Lipinski definition) is 3. The van der Waals surface area contributed by atoms with Crippen LogP contribution in [0.1, 0.15) is 29.6 Å². The first-order valence-corrected chi connectivity index (χ1v) is 9.22. The lowest BCUT2D eigenvalue weighted by molar-refractivity contribution is -0.148. The topological polar surface area (TPSA) is 123 Å². The summed E-state index contributed by atoms with van der Waals surface area (Å²) in [6, 6.07) is 15.3. The van der Waals surface area contributed by atoms with E-state index in [-0.39, 0.29) is 25.2 Å². The van der Waals surface area contributed by atoms with E-state index in [9.17, 15) is 19.2 Å². The molecule has 0 aliphatic heterocycles. The van der Waals surface area contributed by atoms with Gasteiger partial charge >= 0.3 is 5.97 Å². The monoisotopic (exact) mass is 413 g/mol. The summed E-state index contributed by atoms with van der Waals surface area (Å²) >= 11 is 0. The van der Waals surface area contributed by atoms with E-state index in [1.165, 1.54) is 7.11 Å². The molecule has 9 nitrogen and oxygen atoms in total. The van der Waals surface area contributed by atoms with Crippen molar-refractivity contribution in [2.24, 2.45) is 0 Å². The zero-order valence-corrected chi connectivity index (χ0v) is 16.5. The van der Waals surface area contributed by atoms with Gasteiger partial charge in [-0.1, -0.05) is 30.3 Å². The maximum absolute atomic E-state index is 12.0. The van der Waals surface area contributed by atoms with E-state index >= 15 is 0 Å². The van der Waals surface area contributed by atoms with Crippen molar-refractivity contribution in [3.8, 4) is 5.75 Å². The van der Waals surface area contributed by atoms with E-state index < -0.39 is 24.4 Å². The van der Waals surface area contributed by atoms with Crippen LogP contribution in [0.3, 0.4) is 0 Å². The van der Waals surface area contributed by atoms with Crippen LogP contribution in [0.4, 0.5) is 5.69 Å². The van der Waals surface area contributed by atoms with E-state index in [2.05, 4.69) is 16.2 Å². The molecule has 0 spiro atoms. The molecule has 0 fully saturated rings. The summed E-state index contributed by atoms with van der Waals surface area (Å²) < 4.78 is 9.97. The molecular formula is C21H23N3O6. The van der Waals surface area contributed by atoms with Crippen LogP contribution in [-0.4, -0.2) is 37.4 Å². The zero-order valence-electron chi connectivity index (χ0n) is 16.5. The molecule has 3 amide bonds. The average molecular weight is 413 g/mol. The summed E-state index contributed by atoms with van der Waals surface area (Å²) in [5.74, 6) is -1.52. The highest BCUT2D eigenvalue weighted by Gasteiger charge is 2.11. The van der Waals surface area contributed by atoms with Gasteiger partial charge in [0.25, 0.3) is 11.8 Å². The molecule has 0 aliphatic carbocycles. The number of amides is 3. The maximum Gasteiger partial charge on any atom is 0.306 e. The molecule has 0 heterocycles. The molecule has 0 unspecified atom stereocenters. The van der Waals surface area contributed by atoms with Crippen LogP contribution >= 0.6 is 0 Å². The number of hydrogen-bond acceptors (Lipinski definition) is 6. The molecule has 9 heteroatoms. The number of esters is 1. The van der Waals surface area contributed by atoms with Gasteiger partial charge in [-0.2, -0.15) is 0 Å². The van der Waals surface area contributed by atoms with Gasteiger partial charge in [0.2, 0.25) is 5.91 Å². The van der Waals surface area contributed by atoms with Gasteiger partial charge in [0.1, 0.15) is 5.75 Å². The van der Waals surface area contributed by atoms with E-state index in [1.54, 1.807) is 54.6 Å². The summed E-state index contributed by atoms with van der Waals surface area (Å²) in [7, 11) is 1.50. The number of carbonyl (C=O) groups is 4. The van der Waals surface area contributed by atoms with Gasteiger partial charge in [0.15, 0.2) is 6.61 Å². The van der Waals surface area contributed by atoms with Gasteiger partial charge in [-0.05, 0) is 30.7 Å². The molecule has 0 atom stereocenters. The summed E-state index contributed by atoms with van der Waals surface area (Å²) in [5, 5.41) is 2.71. The Labute approximate surface area is 173 Å². The standard InChI is InChI=1S/C21H23N3O6/c1-29-17-11-6-5-10-16(17)22-18(25)12-7-13-20(27)30-14-19(26)23-24-21(28)15-8-3-2-4-9-15/h2-6,8-11H,7,12-14H2,1H3,(H,22,25)(H,23,26)(H,24,28). The van der Waals surface area contributed by atoms with Gasteiger partial charge in [0, 0.05) is 18.4 Å². The van der Waals surface area contributed by atoms with E-state index in [0.717, 1.165) is 0 Å². The van der Waals surface area contributed by atoms with Gasteiger partial charge in [0.05, 0.1) is 12.8 Å². The number of anilines is 1. The number of ether oxygens (including phenoxy) is 2. The Hall–Kier alpha value is -3.88. The molecule has 2 aromatic carbocycles. The van der Waals surface area contributed by atoms with Crippen LogP contribution < -0.4 is 20.9 Å². The van der Waals surface area contributed by atoms with Crippen molar-refractivity contribution >= 4 is 29.4 Å². The van der Waals surface area contributed by atoms with Crippen molar-refractivity contribution in [3.63, 3.8) is 0 Å². The Kier molecular flexibility index (Phi) is 8.85. The number of hydrazine groups is 1. The third kappa shape index (κ3) is 7.63. The summed E-state index contributed by atoms with van der Waals surface area (Å²) in [5.41, 5.74) is 5.30. The van der Waals surface area contributed by atoms with E-state index in [1.807, 2.05) is 0 Å². The van der Waals surface area contributed by atoms with Crippen molar-refractivity contribution in [2.75, 3.05) is 19.0 Å². The first-order chi connectivity index (χ1) is 14.5. The molecule has 30 heavy (non-hydrogen) atoms. The first kappa shape index (κ1) is 22.4. The number of benzene rings is 2. The third-order valence-electron chi connectivity index (χ3n) is 3.88. The summed E-state index contributed by atoms with van der Waals surface area (Å²) in [6.45, 7) is -0.540. The Morgan fingerprint density at radius 2 is 1.53 bits per heavy atom. The quantitative estimate of drug-likeness (QED) is 0.426. The molecule has 158 valence electrons. The Morgan fingerprint density at radius 1 is 0.833 bits per heavy atom. The lowest BCUT2D eigenvalue weighted by Crippen LogP contribution is -2.43. The molecule has 2 rings (SSSR count). The predicted molar refractivity (Wildman–Crippen MR) is 108 cm³/mol. The molecule has 0 saturated heterocycles. The predicted octanol–water partition coefficient (Wildman–Crippen LogP) is 1.81. The minimum Gasteiger partial charge on any atom is -0.495 e. The lowest BCUT2D eigenvalue weighted by atomic mass is 10.2. The van der Waals surface area contributed by atoms with Gasteiger partial charge in [-0.25, -0.2) is 0 Å². The Bertz CT molecular complexity index is 885. The van der Waals surface area contributed by atoms with Crippen molar-refractivity contribution < 1.29 is 28.7 Å². The maximum atomic E-state index is 12.0. The minimum absolute atomic E-state index is 0.0248. The summed E-state index contributed by atoms with van der Waals surface area (Å²) in [4.78, 5) is 47.1. The highest BCUT2D eigenvalue weighted by molar-refractivity contribution is 5.95. The van der Waals surface area contributed by atoms with Crippen LogP contribution in [0.15, 0.2) is 54.6 Å². The molecule has 3 N–H and O–H groups in total. The van der Waals surface area contributed by atoms with E-state index in [0.29, 0.717) is 17.0 Å². The second-order valence-corrected chi connectivity index (χ2v) is 6.13. The Morgan fingerprint density at radius 3 is 2.27 bits per heavy atom. The van der Waals surface area contributed by atoms with Crippen LogP contribution in [0.5, 0.6) is 5.75 Å². The number of rotatable bonds is 9. The molecule has 0 aliphatic rings. The van der Waals surface area contributed by atoms with Crippen LogP contribution in [0, 0.1) is 0 Å². The fraction of sp³-hybridized carbons (Fsp3) is 0.238. The molecule has 0 aromatic heterocycles. The minimum atomic E-state index is -0.679. The molecule has 2 aromatic rings. The first-order valence-electron chi connectivity index (χ1n) is 9.22. The molecule has 0 radical (unpaired) electrons. The SMILES string of the molecule is COc1ccccc1NC(=O)CCCC(=O)OCC(=O)NNC(=O)c1ccccc1. The fourth-order valence-electron chi connectivity index (χ4n) is 2.40. The van der Waals surface area contributed by atoms with Crippen LogP contribution in [-0.2, 0) is 19.1 Å². The van der Waals surface area contributed by atoms with Crippen LogP contribution in [0.25, 0.3) is 0 Å². The number of nitrogens with one attached hydrogen (secondary N) is 3. The zero-order chi connectivity index (χ0) is 21.8. The van der Waals surface area contributed by atoms with Crippen molar-refractivity contribution in [1.29, 1.82) is 0 Å². The fourth-order valence-corrected chi connectivity index (χ4v) is 2.40. The van der Waals surface area contributed by atoms with Crippen LogP contribution in [0.2, 0.25) is 0 Å². The van der Waals surface area contributed by atoms with Crippen molar-refractivity contribution in [3.05, 3.63) is 60.2 Å². The second-order valence-electron chi connectivity index (χ2n) is 6.13. The molecule has 0 bridgehead atoms. The average Bonchev–Trinajstić information content (AvgIpc) is 2.77. The van der Waals surface area contributed by atoms with Crippen molar-refractivity contribution in [2.45, 2.75) is 19.3 Å². The molecule has 0 saturated carbocycles. The van der Waals surface area contributed by atoms with Gasteiger partial charge < -0.3 is 14.8 Å². The van der Waals surface area contributed by atoms with Gasteiger partial charge in [-0.15, -0.1) is 0 Å². The smallest absolute Gasteiger partial charge is 0.306 e. The summed E-state index contributed by atoms with van der Waals surface area (Å²) in [6.07, 6.45) is 0.335. The highest BCUT2D eigenvalue weighted by atomic mass is 16.5. The molecular weight excluding hydrogens is 390 g/mol. The number of para-hydroxylation sites is 2. The number of methoxy groups -OCH3 is 1. The lowest BCUT2D eigenvalue weighted by Gasteiger charge is -2.10. The van der Waals surface area contributed by atoms with Gasteiger partial charge in [-0.3, -0.25) is 30.0 Å². The highest BCUT2D eigenvalue weighted by Crippen LogP contribution is 2.23. The van der Waals surface area contributed by atoms with Crippen molar-refractivity contribution in [1.82, 2.24) is 10.9 Å². The normalized spacial score (nSPS) is 9.90. The number of carbonyl (C=O) groups excluding carboxylic acids is 4. The van der Waals surface area contributed by atoms with E-state index in [4.69, 9.17) is 9.47 Å². The largest absolute Gasteiger partial charge is 0.495 e. The third-order valence-corrected chi connectivity index (χ3v) is 3.88. The Balaban J connectivity index is 1.61.